The summed E-state index contributed by atoms with van der Waals surface area (Å²) in [7, 11) is 0. The van der Waals surface area contributed by atoms with Crippen molar-refractivity contribution in [2.75, 3.05) is 19.7 Å². The van der Waals surface area contributed by atoms with Crippen molar-refractivity contribution in [3.8, 4) is 17.1 Å². The molecule has 2 heterocycles. The van der Waals surface area contributed by atoms with E-state index in [2.05, 4.69) is 44.6 Å². The SMILES string of the molecule is CCCCCCCCCCCCN(CCCCCCCCCCCC)C(=O)C(C)COc1ccccc1-c1nc2c(Cl)c(C(C)(C)C)[nH]n2n1. The number of benzene rings is 1. The van der Waals surface area contributed by atoms with E-state index in [-0.39, 0.29) is 17.2 Å². The van der Waals surface area contributed by atoms with Gasteiger partial charge in [0.1, 0.15) is 10.8 Å². The van der Waals surface area contributed by atoms with Gasteiger partial charge in [0.05, 0.1) is 23.8 Å². The zero-order valence-electron chi connectivity index (χ0n) is 32.6. The first-order chi connectivity index (χ1) is 24.2. The second-order valence-corrected chi connectivity index (χ2v) is 16.0. The molecule has 0 fully saturated rings. The Kier molecular flexibility index (Phi) is 19.4. The second kappa shape index (κ2) is 23.1. The predicted octanol–water partition coefficient (Wildman–Crippen LogP) is 12.4. The molecule has 1 atom stereocenters. The Morgan fingerprint density at radius 1 is 0.800 bits per heavy atom. The molecular weight excluding hydrogens is 642 g/mol. The van der Waals surface area contributed by atoms with Crippen LogP contribution in [0.2, 0.25) is 5.02 Å². The van der Waals surface area contributed by atoms with E-state index in [4.69, 9.17) is 26.4 Å². The molecule has 0 aliphatic heterocycles. The van der Waals surface area contributed by atoms with Crippen molar-refractivity contribution in [1.29, 1.82) is 0 Å². The van der Waals surface area contributed by atoms with Gasteiger partial charge in [-0.05, 0) is 25.0 Å². The van der Waals surface area contributed by atoms with Crippen LogP contribution in [0, 0.1) is 5.92 Å². The van der Waals surface area contributed by atoms with E-state index in [1.54, 1.807) is 4.63 Å². The van der Waals surface area contributed by atoms with Crippen LogP contribution in [-0.2, 0) is 10.2 Å². The monoisotopic (exact) mass is 712 g/mol. The van der Waals surface area contributed by atoms with Crippen molar-refractivity contribution < 1.29 is 9.53 Å². The van der Waals surface area contributed by atoms with Crippen molar-refractivity contribution in [2.45, 2.75) is 175 Å². The fourth-order valence-corrected chi connectivity index (χ4v) is 7.15. The van der Waals surface area contributed by atoms with Crippen LogP contribution in [0.5, 0.6) is 5.75 Å². The van der Waals surface area contributed by atoms with Gasteiger partial charge in [-0.1, -0.05) is 181 Å². The number of nitrogens with zero attached hydrogens (tertiary/aromatic N) is 4. The number of carbonyl (C=O) groups excluding carboxylic acids is 1. The minimum Gasteiger partial charge on any atom is -0.492 e. The number of carbonyl (C=O) groups is 1. The van der Waals surface area contributed by atoms with E-state index < -0.39 is 0 Å². The highest BCUT2D eigenvalue weighted by Crippen LogP contribution is 2.34. The molecule has 1 amide bonds. The van der Waals surface area contributed by atoms with Crippen molar-refractivity contribution in [3.63, 3.8) is 0 Å². The summed E-state index contributed by atoms with van der Waals surface area (Å²) < 4.78 is 7.97. The largest absolute Gasteiger partial charge is 0.492 e. The number of H-pyrrole nitrogens is 1. The van der Waals surface area contributed by atoms with Gasteiger partial charge in [-0.15, -0.1) is 5.10 Å². The maximum absolute atomic E-state index is 13.8. The van der Waals surface area contributed by atoms with Gasteiger partial charge in [-0.2, -0.15) is 4.63 Å². The maximum Gasteiger partial charge on any atom is 0.228 e. The number of fused-ring (bicyclic) bond motifs is 1. The van der Waals surface area contributed by atoms with Crippen LogP contribution in [0.15, 0.2) is 24.3 Å². The standard InChI is InChI=1S/C42H70ClN5O2/c1-7-9-11-13-15-17-19-21-23-27-31-47(32-28-24-22-20-18-16-14-12-10-8-2)41(49)34(3)33-50-36-30-26-25-29-35(36)39-44-40-37(43)38(42(4,5)6)45-48(40)46-39/h25-26,29-30,34,45H,7-24,27-28,31-33H2,1-6H3. The Balaban J connectivity index is 1.53. The summed E-state index contributed by atoms with van der Waals surface area (Å²) in [4.78, 5) is 20.7. The summed E-state index contributed by atoms with van der Waals surface area (Å²) in [5.41, 5.74) is 2.13. The van der Waals surface area contributed by atoms with Gasteiger partial charge >= 0.3 is 0 Å². The van der Waals surface area contributed by atoms with Crippen LogP contribution in [0.3, 0.4) is 0 Å². The molecule has 3 aromatic rings. The van der Waals surface area contributed by atoms with Gasteiger partial charge in [0.25, 0.3) is 0 Å². The quantitative estimate of drug-likeness (QED) is 0.0799. The Morgan fingerprint density at radius 3 is 1.76 bits per heavy atom. The Hall–Kier alpha value is -2.54. The van der Waals surface area contributed by atoms with Crippen LogP contribution in [0.25, 0.3) is 17.0 Å². The highest BCUT2D eigenvalue weighted by atomic mass is 35.5. The van der Waals surface area contributed by atoms with Crippen LogP contribution in [-0.4, -0.2) is 50.3 Å². The van der Waals surface area contributed by atoms with E-state index in [0.717, 1.165) is 37.2 Å². The summed E-state index contributed by atoms with van der Waals surface area (Å²) in [5.74, 6) is 1.16. The average Bonchev–Trinajstić information content (AvgIpc) is 3.66. The summed E-state index contributed by atoms with van der Waals surface area (Å²) in [5, 5.41) is 8.57. The number of rotatable bonds is 27. The van der Waals surface area contributed by atoms with Gasteiger partial charge < -0.3 is 9.64 Å². The first-order valence-corrected chi connectivity index (χ1v) is 20.7. The zero-order chi connectivity index (χ0) is 36.2. The average molecular weight is 713 g/mol. The van der Waals surface area contributed by atoms with E-state index in [0.29, 0.717) is 28.9 Å². The number of hydrogen-bond donors (Lipinski definition) is 1. The Morgan fingerprint density at radius 2 is 1.28 bits per heavy atom. The molecule has 1 unspecified atom stereocenters. The molecule has 282 valence electrons. The molecule has 3 rings (SSSR count). The highest BCUT2D eigenvalue weighted by molar-refractivity contribution is 6.34. The van der Waals surface area contributed by atoms with Crippen molar-refractivity contribution in [3.05, 3.63) is 35.0 Å². The first-order valence-electron chi connectivity index (χ1n) is 20.3. The van der Waals surface area contributed by atoms with Crippen LogP contribution in [0.1, 0.15) is 176 Å². The Bertz CT molecular complexity index is 1340. The smallest absolute Gasteiger partial charge is 0.228 e. The molecule has 8 heteroatoms. The van der Waals surface area contributed by atoms with Gasteiger partial charge in [-0.25, -0.2) is 4.98 Å². The Labute approximate surface area is 309 Å². The zero-order valence-corrected chi connectivity index (χ0v) is 33.4. The fourth-order valence-electron chi connectivity index (χ4n) is 6.70. The third-order valence-corrected chi connectivity index (χ3v) is 10.3. The number of aromatic nitrogens is 4. The van der Waals surface area contributed by atoms with E-state index in [1.165, 1.54) is 116 Å². The number of hydrogen-bond acceptors (Lipinski definition) is 4. The van der Waals surface area contributed by atoms with Crippen LogP contribution >= 0.6 is 11.6 Å². The number of aromatic amines is 1. The van der Waals surface area contributed by atoms with Crippen molar-refractivity contribution >= 4 is 23.2 Å². The van der Waals surface area contributed by atoms with E-state index in [1.807, 2.05) is 31.2 Å². The number of para-hydroxylation sites is 1. The maximum atomic E-state index is 13.8. The van der Waals surface area contributed by atoms with E-state index >= 15 is 0 Å². The normalized spacial score (nSPS) is 12.5. The highest BCUT2D eigenvalue weighted by Gasteiger charge is 2.26. The molecule has 50 heavy (non-hydrogen) atoms. The first kappa shape index (κ1) is 41.9. The topological polar surface area (TPSA) is 75.5 Å². The summed E-state index contributed by atoms with van der Waals surface area (Å²) in [6.45, 7) is 14.9. The lowest BCUT2D eigenvalue weighted by molar-refractivity contribution is -0.136. The number of halogens is 1. The molecule has 0 spiro atoms. The molecule has 1 aromatic carbocycles. The molecule has 0 saturated carbocycles. The second-order valence-electron chi connectivity index (χ2n) is 15.6. The molecule has 2 aromatic heterocycles. The molecule has 7 nitrogen and oxygen atoms in total. The molecule has 0 radical (unpaired) electrons. The summed E-state index contributed by atoms with van der Waals surface area (Å²) >= 11 is 6.70. The molecule has 0 bridgehead atoms. The number of unbranched alkanes of at least 4 members (excludes halogenated alkanes) is 18. The minimum absolute atomic E-state index is 0.154. The fraction of sp³-hybridized carbons (Fsp3) is 0.738. The van der Waals surface area contributed by atoms with Crippen LogP contribution < -0.4 is 4.74 Å². The third kappa shape index (κ3) is 14.2. The summed E-state index contributed by atoms with van der Waals surface area (Å²) in [6, 6.07) is 7.78. The lowest BCUT2D eigenvalue weighted by Crippen LogP contribution is -2.38. The minimum atomic E-state index is -0.248. The van der Waals surface area contributed by atoms with E-state index in [9.17, 15) is 4.79 Å². The molecule has 0 aliphatic carbocycles. The summed E-state index contributed by atoms with van der Waals surface area (Å²) in [6.07, 6.45) is 26.0. The van der Waals surface area contributed by atoms with Gasteiger partial charge in [-0.3, -0.25) is 9.89 Å². The third-order valence-electron chi connectivity index (χ3n) is 9.90. The number of amides is 1. The number of ether oxygens (including phenoxy) is 1. The molecule has 0 saturated heterocycles. The van der Waals surface area contributed by atoms with Crippen molar-refractivity contribution in [1.82, 2.24) is 24.7 Å². The van der Waals surface area contributed by atoms with Crippen molar-refractivity contribution in [2.24, 2.45) is 5.92 Å². The van der Waals surface area contributed by atoms with Gasteiger partial charge in [0.15, 0.2) is 11.5 Å². The van der Waals surface area contributed by atoms with Gasteiger partial charge in [0.2, 0.25) is 5.91 Å². The van der Waals surface area contributed by atoms with Gasteiger partial charge in [0, 0.05) is 18.5 Å². The number of nitrogens with one attached hydrogen (secondary N) is 1. The molecule has 0 aliphatic rings. The lowest BCUT2D eigenvalue weighted by Gasteiger charge is -2.26. The van der Waals surface area contributed by atoms with Crippen LogP contribution in [0.4, 0.5) is 0 Å². The predicted molar refractivity (Wildman–Crippen MR) is 211 cm³/mol. The lowest BCUT2D eigenvalue weighted by atomic mass is 9.92. The molecular formula is C42H70ClN5O2. The molecule has 1 N–H and O–H groups in total.